The standard InChI is InChI=1S/C14H13NO3/c1-10(15-18-14(16)17-2)12-9-5-7-11-6-3-4-8-13(11)12/h3-9H,1-2H3/b15-10-. The summed E-state index contributed by atoms with van der Waals surface area (Å²) in [5, 5.41) is 5.94. The number of nitrogens with zero attached hydrogens (tertiary/aromatic N) is 1. The molecule has 0 radical (unpaired) electrons. The van der Waals surface area contributed by atoms with Crippen LogP contribution in [0.5, 0.6) is 0 Å². The predicted octanol–water partition coefficient (Wildman–Crippen LogP) is 3.35. The molecule has 0 aromatic heterocycles. The molecule has 0 saturated carbocycles. The summed E-state index contributed by atoms with van der Waals surface area (Å²) in [5.41, 5.74) is 1.55. The maximum absolute atomic E-state index is 10.9. The minimum atomic E-state index is -0.824. The van der Waals surface area contributed by atoms with E-state index in [1.807, 2.05) is 42.5 Å². The van der Waals surface area contributed by atoms with Crippen LogP contribution >= 0.6 is 0 Å². The third-order valence-corrected chi connectivity index (χ3v) is 2.60. The van der Waals surface area contributed by atoms with Crippen molar-refractivity contribution in [3.8, 4) is 0 Å². The molecule has 0 spiro atoms. The number of carbonyl (C=O) groups is 1. The molecular weight excluding hydrogens is 230 g/mol. The van der Waals surface area contributed by atoms with Crippen molar-refractivity contribution < 1.29 is 14.4 Å². The van der Waals surface area contributed by atoms with Crippen molar-refractivity contribution in [2.24, 2.45) is 5.16 Å². The molecule has 0 amide bonds. The summed E-state index contributed by atoms with van der Waals surface area (Å²) in [6, 6.07) is 13.9. The van der Waals surface area contributed by atoms with Crippen molar-refractivity contribution in [3.05, 3.63) is 48.0 Å². The maximum atomic E-state index is 10.9. The lowest BCUT2D eigenvalue weighted by Crippen LogP contribution is -2.03. The molecule has 18 heavy (non-hydrogen) atoms. The van der Waals surface area contributed by atoms with Crippen molar-refractivity contribution in [2.75, 3.05) is 7.11 Å². The van der Waals surface area contributed by atoms with E-state index in [1.165, 1.54) is 7.11 Å². The minimum Gasteiger partial charge on any atom is -0.436 e. The van der Waals surface area contributed by atoms with Crippen LogP contribution in [0.15, 0.2) is 47.6 Å². The van der Waals surface area contributed by atoms with Gasteiger partial charge < -0.3 is 4.74 Å². The fourth-order valence-corrected chi connectivity index (χ4v) is 1.73. The average Bonchev–Trinajstić information content (AvgIpc) is 2.43. The largest absolute Gasteiger partial charge is 0.534 e. The molecule has 0 heterocycles. The number of oxime groups is 1. The number of methoxy groups -OCH3 is 1. The first kappa shape index (κ1) is 12.1. The Labute approximate surface area is 105 Å². The van der Waals surface area contributed by atoms with Crippen LogP contribution in [0.25, 0.3) is 10.8 Å². The molecule has 0 bridgehead atoms. The quantitative estimate of drug-likeness (QED) is 0.352. The molecule has 0 unspecified atom stereocenters. The van der Waals surface area contributed by atoms with Crippen LogP contribution in [-0.4, -0.2) is 19.0 Å². The number of rotatable bonds is 2. The second-order valence-electron chi connectivity index (χ2n) is 3.75. The Morgan fingerprint density at radius 2 is 1.83 bits per heavy atom. The third-order valence-electron chi connectivity index (χ3n) is 2.60. The van der Waals surface area contributed by atoms with Crippen LogP contribution in [0.4, 0.5) is 4.79 Å². The molecule has 4 heteroatoms. The Kier molecular flexibility index (Phi) is 3.57. The number of fused-ring (bicyclic) bond motifs is 1. The van der Waals surface area contributed by atoms with Crippen molar-refractivity contribution in [1.82, 2.24) is 0 Å². The van der Waals surface area contributed by atoms with Gasteiger partial charge in [-0.3, -0.25) is 4.84 Å². The number of hydrogen-bond acceptors (Lipinski definition) is 4. The van der Waals surface area contributed by atoms with Crippen LogP contribution in [-0.2, 0) is 9.57 Å². The zero-order chi connectivity index (χ0) is 13.0. The molecule has 0 saturated heterocycles. The molecule has 92 valence electrons. The van der Waals surface area contributed by atoms with Crippen LogP contribution in [0.1, 0.15) is 12.5 Å². The fraction of sp³-hybridized carbons (Fsp3) is 0.143. The summed E-state index contributed by atoms with van der Waals surface area (Å²) < 4.78 is 4.36. The highest BCUT2D eigenvalue weighted by molar-refractivity contribution is 6.09. The highest BCUT2D eigenvalue weighted by Crippen LogP contribution is 2.19. The highest BCUT2D eigenvalue weighted by atomic mass is 16.8. The topological polar surface area (TPSA) is 47.9 Å². The number of hydrogen-bond donors (Lipinski definition) is 0. The second-order valence-corrected chi connectivity index (χ2v) is 3.75. The van der Waals surface area contributed by atoms with Crippen LogP contribution in [0.2, 0.25) is 0 Å². The third kappa shape index (κ3) is 2.48. The molecule has 0 fully saturated rings. The average molecular weight is 243 g/mol. The lowest BCUT2D eigenvalue weighted by molar-refractivity contribution is 0.0754. The van der Waals surface area contributed by atoms with E-state index in [0.29, 0.717) is 5.71 Å². The summed E-state index contributed by atoms with van der Waals surface area (Å²) in [7, 11) is 1.24. The van der Waals surface area contributed by atoms with E-state index < -0.39 is 6.16 Å². The van der Waals surface area contributed by atoms with Gasteiger partial charge >= 0.3 is 6.16 Å². The van der Waals surface area contributed by atoms with Gasteiger partial charge in [0.05, 0.1) is 12.8 Å². The van der Waals surface area contributed by atoms with Gasteiger partial charge in [-0.05, 0) is 17.7 Å². The van der Waals surface area contributed by atoms with Gasteiger partial charge in [0.1, 0.15) is 0 Å². The van der Waals surface area contributed by atoms with Crippen molar-refractivity contribution in [1.29, 1.82) is 0 Å². The molecule has 4 nitrogen and oxygen atoms in total. The molecule has 2 aromatic rings. The molecule has 0 N–H and O–H groups in total. The molecule has 0 aliphatic carbocycles. The van der Waals surface area contributed by atoms with Gasteiger partial charge in [0, 0.05) is 5.56 Å². The van der Waals surface area contributed by atoms with Crippen molar-refractivity contribution in [3.63, 3.8) is 0 Å². The summed E-state index contributed by atoms with van der Waals surface area (Å²) in [6.45, 7) is 1.78. The van der Waals surface area contributed by atoms with Gasteiger partial charge in [0.25, 0.3) is 0 Å². The molecular formula is C14H13NO3. The van der Waals surface area contributed by atoms with Gasteiger partial charge in [-0.1, -0.05) is 47.6 Å². The zero-order valence-electron chi connectivity index (χ0n) is 10.2. The SMILES string of the molecule is COC(=O)O/N=C(/C)c1cccc2ccccc12. The van der Waals surface area contributed by atoms with E-state index in [9.17, 15) is 4.79 Å². The predicted molar refractivity (Wildman–Crippen MR) is 69.6 cm³/mol. The van der Waals surface area contributed by atoms with E-state index in [4.69, 9.17) is 0 Å². The molecule has 2 rings (SSSR count). The number of ether oxygens (including phenoxy) is 1. The van der Waals surface area contributed by atoms with Crippen LogP contribution in [0, 0.1) is 0 Å². The van der Waals surface area contributed by atoms with Gasteiger partial charge in [0.15, 0.2) is 0 Å². The van der Waals surface area contributed by atoms with Gasteiger partial charge in [-0.25, -0.2) is 4.79 Å². The number of carbonyl (C=O) groups excluding carboxylic acids is 1. The van der Waals surface area contributed by atoms with Gasteiger partial charge in [-0.2, -0.15) is 0 Å². The summed E-state index contributed by atoms with van der Waals surface area (Å²) in [4.78, 5) is 15.4. The smallest absolute Gasteiger partial charge is 0.436 e. The summed E-state index contributed by atoms with van der Waals surface area (Å²) >= 11 is 0. The summed E-state index contributed by atoms with van der Waals surface area (Å²) in [6.07, 6.45) is -0.824. The summed E-state index contributed by atoms with van der Waals surface area (Å²) in [5.74, 6) is 0. The Hall–Kier alpha value is -2.36. The van der Waals surface area contributed by atoms with E-state index in [-0.39, 0.29) is 0 Å². The van der Waals surface area contributed by atoms with Gasteiger partial charge in [-0.15, -0.1) is 0 Å². The van der Waals surface area contributed by atoms with E-state index in [0.717, 1.165) is 16.3 Å². The van der Waals surface area contributed by atoms with Crippen molar-refractivity contribution >= 4 is 22.6 Å². The van der Waals surface area contributed by atoms with Crippen LogP contribution in [0.3, 0.4) is 0 Å². The molecule has 0 aliphatic rings. The first-order chi connectivity index (χ1) is 8.72. The Bertz CT molecular complexity index is 600. The normalized spacial score (nSPS) is 11.3. The van der Waals surface area contributed by atoms with Crippen molar-refractivity contribution in [2.45, 2.75) is 6.92 Å². The Morgan fingerprint density at radius 3 is 2.61 bits per heavy atom. The monoisotopic (exact) mass is 243 g/mol. The van der Waals surface area contributed by atoms with E-state index in [1.54, 1.807) is 6.92 Å². The lowest BCUT2D eigenvalue weighted by Gasteiger charge is -2.05. The molecule has 0 aliphatic heterocycles. The highest BCUT2D eigenvalue weighted by Gasteiger charge is 2.05. The van der Waals surface area contributed by atoms with Crippen LogP contribution < -0.4 is 0 Å². The van der Waals surface area contributed by atoms with E-state index in [2.05, 4.69) is 14.7 Å². The lowest BCUT2D eigenvalue weighted by atomic mass is 10.0. The first-order valence-corrected chi connectivity index (χ1v) is 5.50. The van der Waals surface area contributed by atoms with Gasteiger partial charge in [0.2, 0.25) is 0 Å². The molecule has 2 aromatic carbocycles. The van der Waals surface area contributed by atoms with E-state index >= 15 is 0 Å². The number of benzene rings is 2. The maximum Gasteiger partial charge on any atom is 0.534 e. The minimum absolute atomic E-state index is 0.622. The zero-order valence-corrected chi connectivity index (χ0v) is 10.2. The second kappa shape index (κ2) is 5.31. The molecule has 0 atom stereocenters. The fourth-order valence-electron chi connectivity index (χ4n) is 1.73. The Balaban J connectivity index is 2.38. The first-order valence-electron chi connectivity index (χ1n) is 5.50. The Morgan fingerprint density at radius 1 is 1.11 bits per heavy atom.